The fourth-order valence-electron chi connectivity index (χ4n) is 3.15. The van der Waals surface area contributed by atoms with Crippen LogP contribution in [0.15, 0.2) is 45.4 Å². The van der Waals surface area contributed by atoms with Crippen LogP contribution in [0.2, 0.25) is 0 Å². The van der Waals surface area contributed by atoms with Gasteiger partial charge in [0, 0.05) is 16.1 Å². The summed E-state index contributed by atoms with van der Waals surface area (Å²) in [7, 11) is 0. The van der Waals surface area contributed by atoms with Crippen LogP contribution in [-0.2, 0) is 0 Å². The van der Waals surface area contributed by atoms with E-state index in [0.29, 0.717) is 5.92 Å². The minimum absolute atomic E-state index is 0.211. The third kappa shape index (κ3) is 6.28. The molecule has 2 rings (SSSR count). The fourth-order valence-corrected chi connectivity index (χ4v) is 3.68. The van der Waals surface area contributed by atoms with E-state index in [2.05, 4.69) is 49.3 Å². The first-order valence-electron chi connectivity index (χ1n) is 9.05. The second-order valence-corrected chi connectivity index (χ2v) is 7.86. The number of nitriles is 1. The maximum absolute atomic E-state index is 9.43. The lowest BCUT2D eigenvalue weighted by Crippen LogP contribution is -2.07. The summed E-state index contributed by atoms with van der Waals surface area (Å²) in [5.74, 6) is 7.19. The van der Waals surface area contributed by atoms with E-state index in [0.717, 1.165) is 38.5 Å². The number of hydrogen-bond donors (Lipinski definition) is 1. The summed E-state index contributed by atoms with van der Waals surface area (Å²) in [5, 5.41) is 20.4. The summed E-state index contributed by atoms with van der Waals surface area (Å²) in [4.78, 5) is 1.17. The number of nitrogens with zero attached hydrogens (tertiary/aromatic N) is 1. The van der Waals surface area contributed by atoms with Crippen molar-refractivity contribution in [2.24, 2.45) is 5.92 Å². The summed E-state index contributed by atoms with van der Waals surface area (Å²) >= 11 is 1.27. The molecule has 2 aliphatic carbocycles. The lowest BCUT2D eigenvalue weighted by atomic mass is 9.87. The van der Waals surface area contributed by atoms with Crippen molar-refractivity contribution in [3.05, 3.63) is 45.4 Å². The molecule has 3 heteroatoms. The molecule has 0 aromatic heterocycles. The van der Waals surface area contributed by atoms with Crippen molar-refractivity contribution in [1.82, 2.24) is 0 Å². The predicted molar refractivity (Wildman–Crippen MR) is 106 cm³/mol. The van der Waals surface area contributed by atoms with Gasteiger partial charge in [0.05, 0.1) is 6.10 Å². The van der Waals surface area contributed by atoms with Crippen LogP contribution in [0.4, 0.5) is 0 Å². The molecule has 25 heavy (non-hydrogen) atoms. The Morgan fingerprint density at radius 1 is 1.08 bits per heavy atom. The van der Waals surface area contributed by atoms with E-state index in [9.17, 15) is 5.11 Å². The first-order valence-corrected chi connectivity index (χ1v) is 9.87. The zero-order valence-electron chi connectivity index (χ0n) is 15.4. The maximum Gasteiger partial charge on any atom is 0.138 e. The van der Waals surface area contributed by atoms with Crippen LogP contribution in [0, 0.1) is 28.4 Å². The Morgan fingerprint density at radius 2 is 1.80 bits per heavy atom. The molecular weight excluding hydrogens is 326 g/mol. The largest absolute Gasteiger partial charge is 0.393 e. The lowest BCUT2D eigenvalue weighted by Gasteiger charge is -2.19. The third-order valence-corrected chi connectivity index (χ3v) is 5.70. The van der Waals surface area contributed by atoms with Crippen LogP contribution in [0.25, 0.3) is 0 Å². The Bertz CT molecular complexity index is 719. The van der Waals surface area contributed by atoms with E-state index in [1.54, 1.807) is 0 Å². The highest BCUT2D eigenvalue weighted by molar-refractivity contribution is 8.07. The first-order chi connectivity index (χ1) is 12.0. The molecule has 2 aliphatic rings. The Labute approximate surface area is 156 Å². The highest BCUT2D eigenvalue weighted by atomic mass is 32.2. The van der Waals surface area contributed by atoms with Crippen LogP contribution in [-0.4, -0.2) is 11.2 Å². The normalized spacial score (nSPS) is 19.7. The van der Waals surface area contributed by atoms with Gasteiger partial charge in [-0.1, -0.05) is 36.5 Å². The maximum atomic E-state index is 9.43. The van der Waals surface area contributed by atoms with E-state index in [1.165, 1.54) is 39.0 Å². The molecule has 2 atom stereocenters. The van der Waals surface area contributed by atoms with E-state index in [1.807, 2.05) is 6.92 Å². The van der Waals surface area contributed by atoms with Gasteiger partial charge in [-0.2, -0.15) is 5.26 Å². The van der Waals surface area contributed by atoms with Crippen molar-refractivity contribution in [3.63, 3.8) is 0 Å². The first kappa shape index (κ1) is 19.6. The molecule has 0 saturated carbocycles. The standard InChI is InChI=1S/C22H27NOS/c1-16(4-5-18(3)24)21-11-8-19(9-12-21)6-7-20-10-13-22(25-15-23)17(2)14-20/h8,11,14,16,18,24H,4-5,9-10,12-13H2,1-3H3. The minimum Gasteiger partial charge on any atom is -0.393 e. The average molecular weight is 354 g/mol. The van der Waals surface area contributed by atoms with Crippen molar-refractivity contribution in [1.29, 1.82) is 5.26 Å². The molecule has 0 aliphatic heterocycles. The van der Waals surface area contributed by atoms with E-state index < -0.39 is 0 Å². The molecule has 1 N–H and O–H groups in total. The number of allylic oxidation sites excluding steroid dienone is 8. The molecule has 0 bridgehead atoms. The topological polar surface area (TPSA) is 44.0 Å². The second-order valence-electron chi connectivity index (χ2n) is 6.98. The molecule has 0 radical (unpaired) electrons. The molecular formula is C22H27NOS. The van der Waals surface area contributed by atoms with Crippen molar-refractivity contribution in [2.45, 2.75) is 65.4 Å². The Balaban J connectivity index is 1.98. The van der Waals surface area contributed by atoms with E-state index >= 15 is 0 Å². The van der Waals surface area contributed by atoms with Crippen molar-refractivity contribution in [3.8, 4) is 17.2 Å². The van der Waals surface area contributed by atoms with Gasteiger partial charge in [-0.05, 0) is 81.7 Å². The second kappa shape index (κ2) is 9.71. The summed E-state index contributed by atoms with van der Waals surface area (Å²) in [5.41, 5.74) is 5.01. The molecule has 0 saturated heterocycles. The fraction of sp³-hybridized carbons (Fsp3) is 0.500. The van der Waals surface area contributed by atoms with Gasteiger partial charge >= 0.3 is 0 Å². The average Bonchev–Trinajstić information content (AvgIpc) is 2.60. The van der Waals surface area contributed by atoms with Gasteiger partial charge in [0.1, 0.15) is 5.40 Å². The summed E-state index contributed by atoms with van der Waals surface area (Å²) in [6, 6.07) is 0. The Kier molecular flexibility index (Phi) is 7.63. The smallest absolute Gasteiger partial charge is 0.138 e. The number of rotatable bonds is 5. The van der Waals surface area contributed by atoms with Gasteiger partial charge in [0.15, 0.2) is 0 Å². The van der Waals surface area contributed by atoms with Crippen LogP contribution < -0.4 is 0 Å². The van der Waals surface area contributed by atoms with Gasteiger partial charge < -0.3 is 5.11 Å². The van der Waals surface area contributed by atoms with Gasteiger partial charge in [-0.3, -0.25) is 0 Å². The van der Waals surface area contributed by atoms with E-state index in [-0.39, 0.29) is 6.10 Å². The van der Waals surface area contributed by atoms with Gasteiger partial charge in [-0.15, -0.1) is 0 Å². The Hall–Kier alpha value is -1.68. The molecule has 0 aromatic carbocycles. The van der Waals surface area contributed by atoms with E-state index in [4.69, 9.17) is 5.26 Å². The van der Waals surface area contributed by atoms with Crippen molar-refractivity contribution < 1.29 is 5.11 Å². The molecule has 132 valence electrons. The highest BCUT2D eigenvalue weighted by Gasteiger charge is 2.13. The molecule has 0 spiro atoms. The lowest BCUT2D eigenvalue weighted by molar-refractivity contribution is 0.176. The predicted octanol–water partition coefficient (Wildman–Crippen LogP) is 5.64. The molecule has 2 nitrogen and oxygen atoms in total. The van der Waals surface area contributed by atoms with Crippen molar-refractivity contribution >= 4 is 11.8 Å². The number of aliphatic hydroxyl groups is 1. The summed E-state index contributed by atoms with van der Waals surface area (Å²) < 4.78 is 0. The molecule has 0 heterocycles. The number of aliphatic hydroxyl groups excluding tert-OH is 1. The van der Waals surface area contributed by atoms with Gasteiger partial charge in [0.25, 0.3) is 0 Å². The Morgan fingerprint density at radius 3 is 2.40 bits per heavy atom. The van der Waals surface area contributed by atoms with Crippen LogP contribution in [0.1, 0.15) is 59.3 Å². The third-order valence-electron chi connectivity index (χ3n) is 4.84. The minimum atomic E-state index is -0.211. The van der Waals surface area contributed by atoms with Gasteiger partial charge in [0.2, 0.25) is 0 Å². The van der Waals surface area contributed by atoms with Crippen LogP contribution >= 0.6 is 11.8 Å². The molecule has 0 amide bonds. The molecule has 0 fully saturated rings. The monoisotopic (exact) mass is 353 g/mol. The van der Waals surface area contributed by atoms with Crippen LogP contribution in [0.5, 0.6) is 0 Å². The molecule has 0 aromatic rings. The zero-order valence-corrected chi connectivity index (χ0v) is 16.2. The molecule has 2 unspecified atom stereocenters. The SMILES string of the molecule is CC1=C(SC#N)CCC(C#CC2=CC=C(C(C)CCC(C)O)CC2)=C1. The quantitative estimate of drug-likeness (QED) is 0.513. The number of thioether (sulfide) groups is 1. The summed E-state index contributed by atoms with van der Waals surface area (Å²) in [6.45, 7) is 6.16. The van der Waals surface area contributed by atoms with Crippen molar-refractivity contribution in [2.75, 3.05) is 0 Å². The number of thiocyanates is 1. The van der Waals surface area contributed by atoms with Crippen LogP contribution in [0.3, 0.4) is 0 Å². The zero-order chi connectivity index (χ0) is 18.2. The highest BCUT2D eigenvalue weighted by Crippen LogP contribution is 2.31. The number of hydrogen-bond acceptors (Lipinski definition) is 3. The summed E-state index contributed by atoms with van der Waals surface area (Å²) in [6.07, 6.45) is 12.1. The van der Waals surface area contributed by atoms with Gasteiger partial charge in [-0.25, -0.2) is 0 Å².